The maximum absolute atomic E-state index is 8.83. The average molecular weight is 183 g/mol. The summed E-state index contributed by atoms with van der Waals surface area (Å²) < 4.78 is 0. The van der Waals surface area contributed by atoms with Crippen LogP contribution in [0.25, 0.3) is 0 Å². The molecule has 1 rings (SSSR count). The molecule has 0 aliphatic carbocycles. The van der Waals surface area contributed by atoms with Gasteiger partial charge in [0.25, 0.3) is 0 Å². The van der Waals surface area contributed by atoms with E-state index in [-0.39, 0.29) is 5.41 Å². The minimum atomic E-state index is -0.0976. The summed E-state index contributed by atoms with van der Waals surface area (Å²) in [4.78, 5) is 1.03. The van der Waals surface area contributed by atoms with Gasteiger partial charge in [0.1, 0.15) is 5.71 Å². The maximum atomic E-state index is 8.83. The van der Waals surface area contributed by atoms with Crippen LogP contribution in [0.3, 0.4) is 0 Å². The molecule has 12 heavy (non-hydrogen) atoms. The third-order valence-electron chi connectivity index (χ3n) is 1.56. The van der Waals surface area contributed by atoms with Gasteiger partial charge in [-0.1, -0.05) is 32.0 Å². The summed E-state index contributed by atoms with van der Waals surface area (Å²) in [5.41, 5.74) is 0.650. The fourth-order valence-corrected chi connectivity index (χ4v) is 1.90. The lowest BCUT2D eigenvalue weighted by atomic mass is 9.89. The normalized spacial score (nSPS) is 13.4. The molecule has 1 aromatic heterocycles. The van der Waals surface area contributed by atoms with Crippen molar-refractivity contribution in [3.05, 3.63) is 22.4 Å². The molecule has 0 spiro atoms. The van der Waals surface area contributed by atoms with Crippen LogP contribution in [0.1, 0.15) is 25.6 Å². The van der Waals surface area contributed by atoms with E-state index in [4.69, 9.17) is 5.21 Å². The van der Waals surface area contributed by atoms with Gasteiger partial charge < -0.3 is 5.21 Å². The monoisotopic (exact) mass is 183 g/mol. The van der Waals surface area contributed by atoms with E-state index in [0.717, 1.165) is 10.6 Å². The minimum Gasteiger partial charge on any atom is -0.411 e. The van der Waals surface area contributed by atoms with Gasteiger partial charge in [0.15, 0.2) is 0 Å². The molecule has 0 radical (unpaired) electrons. The van der Waals surface area contributed by atoms with E-state index >= 15 is 0 Å². The van der Waals surface area contributed by atoms with E-state index in [1.807, 2.05) is 38.3 Å². The first-order valence-corrected chi connectivity index (χ1v) is 4.70. The Hall–Kier alpha value is -0.830. The third-order valence-corrected chi connectivity index (χ3v) is 2.44. The number of oxime groups is 1. The molecule has 0 fully saturated rings. The number of rotatable bonds is 1. The molecule has 0 aliphatic heterocycles. The van der Waals surface area contributed by atoms with Crippen LogP contribution in [0.4, 0.5) is 0 Å². The maximum Gasteiger partial charge on any atom is 0.102 e. The molecular formula is C9H13NOS. The van der Waals surface area contributed by atoms with Crippen LogP contribution in [0.5, 0.6) is 0 Å². The van der Waals surface area contributed by atoms with Crippen LogP contribution in [-0.2, 0) is 0 Å². The number of hydrogen-bond acceptors (Lipinski definition) is 3. The third kappa shape index (κ3) is 1.85. The van der Waals surface area contributed by atoms with E-state index < -0.39 is 0 Å². The minimum absolute atomic E-state index is 0.0976. The number of nitrogens with zero attached hydrogens (tertiary/aromatic N) is 1. The predicted molar refractivity (Wildman–Crippen MR) is 52.1 cm³/mol. The summed E-state index contributed by atoms with van der Waals surface area (Å²) in [5.74, 6) is 0. The molecule has 0 bridgehead atoms. The highest BCUT2D eigenvalue weighted by atomic mass is 32.1. The van der Waals surface area contributed by atoms with E-state index in [1.165, 1.54) is 0 Å². The Kier molecular flexibility index (Phi) is 2.52. The van der Waals surface area contributed by atoms with E-state index in [2.05, 4.69) is 5.16 Å². The van der Waals surface area contributed by atoms with Gasteiger partial charge in [-0.2, -0.15) is 0 Å². The molecule has 2 nitrogen and oxygen atoms in total. The van der Waals surface area contributed by atoms with Crippen molar-refractivity contribution < 1.29 is 5.21 Å². The molecule has 1 aromatic rings. The lowest BCUT2D eigenvalue weighted by Crippen LogP contribution is -2.20. The molecule has 1 heterocycles. The van der Waals surface area contributed by atoms with Gasteiger partial charge in [0.05, 0.1) is 4.88 Å². The van der Waals surface area contributed by atoms with Gasteiger partial charge in [-0.15, -0.1) is 11.3 Å². The van der Waals surface area contributed by atoms with Crippen molar-refractivity contribution >= 4 is 17.0 Å². The molecular weight excluding hydrogens is 170 g/mol. The van der Waals surface area contributed by atoms with Crippen LogP contribution in [0.2, 0.25) is 0 Å². The largest absolute Gasteiger partial charge is 0.411 e. The first kappa shape index (κ1) is 9.26. The van der Waals surface area contributed by atoms with Crippen LogP contribution >= 0.6 is 11.3 Å². The summed E-state index contributed by atoms with van der Waals surface area (Å²) >= 11 is 1.59. The first-order chi connectivity index (χ1) is 5.55. The Balaban J connectivity index is 3.01. The molecule has 0 saturated carbocycles. The Morgan fingerprint density at radius 3 is 2.50 bits per heavy atom. The lowest BCUT2D eigenvalue weighted by Gasteiger charge is -2.18. The highest BCUT2D eigenvalue weighted by Gasteiger charge is 2.21. The van der Waals surface area contributed by atoms with Crippen LogP contribution in [-0.4, -0.2) is 10.9 Å². The van der Waals surface area contributed by atoms with Crippen molar-refractivity contribution in [2.24, 2.45) is 10.6 Å². The molecule has 0 saturated heterocycles. The summed E-state index contributed by atoms with van der Waals surface area (Å²) in [7, 11) is 0. The topological polar surface area (TPSA) is 32.6 Å². The predicted octanol–water partition coefficient (Wildman–Crippen LogP) is 2.97. The van der Waals surface area contributed by atoms with Crippen LogP contribution in [0.15, 0.2) is 22.7 Å². The van der Waals surface area contributed by atoms with Gasteiger partial charge >= 0.3 is 0 Å². The standard InChI is InChI=1S/C9H13NOS/c1-9(2,3)8(10-11)7-5-4-6-12-7/h4-6,11H,1-3H3/b10-8+. The van der Waals surface area contributed by atoms with Crippen molar-refractivity contribution in [3.63, 3.8) is 0 Å². The van der Waals surface area contributed by atoms with Crippen molar-refractivity contribution in [3.8, 4) is 0 Å². The zero-order valence-electron chi connectivity index (χ0n) is 7.53. The van der Waals surface area contributed by atoms with Gasteiger partial charge in [0.2, 0.25) is 0 Å². The lowest BCUT2D eigenvalue weighted by molar-refractivity contribution is 0.312. The number of thiophene rings is 1. The van der Waals surface area contributed by atoms with Crippen LogP contribution in [0, 0.1) is 5.41 Å². The molecule has 0 aromatic carbocycles. The molecule has 0 aliphatic rings. The highest BCUT2D eigenvalue weighted by Crippen LogP contribution is 2.24. The molecule has 0 unspecified atom stereocenters. The van der Waals surface area contributed by atoms with Gasteiger partial charge in [-0.3, -0.25) is 0 Å². The van der Waals surface area contributed by atoms with Gasteiger partial charge in [-0.25, -0.2) is 0 Å². The Bertz CT molecular complexity index is 269. The Morgan fingerprint density at radius 1 is 1.50 bits per heavy atom. The Labute approximate surface area is 76.5 Å². The molecule has 3 heteroatoms. The zero-order chi connectivity index (χ0) is 9.19. The molecule has 66 valence electrons. The Morgan fingerprint density at radius 2 is 2.17 bits per heavy atom. The van der Waals surface area contributed by atoms with E-state index in [9.17, 15) is 0 Å². The second-order valence-electron chi connectivity index (χ2n) is 3.68. The van der Waals surface area contributed by atoms with Gasteiger partial charge in [-0.05, 0) is 11.4 Å². The molecule has 1 N–H and O–H groups in total. The average Bonchev–Trinajstić information content (AvgIpc) is 2.38. The van der Waals surface area contributed by atoms with Crippen molar-refractivity contribution in [1.82, 2.24) is 0 Å². The SMILES string of the molecule is CC(C)(C)/C(=N/O)c1cccs1. The number of hydrogen-bond donors (Lipinski definition) is 1. The second kappa shape index (κ2) is 3.27. The fraction of sp³-hybridized carbons (Fsp3) is 0.444. The van der Waals surface area contributed by atoms with Gasteiger partial charge in [0, 0.05) is 5.41 Å². The van der Waals surface area contributed by atoms with Crippen LogP contribution < -0.4 is 0 Å². The fourth-order valence-electron chi connectivity index (χ4n) is 0.982. The highest BCUT2D eigenvalue weighted by molar-refractivity contribution is 7.12. The van der Waals surface area contributed by atoms with E-state index in [0.29, 0.717) is 0 Å². The van der Waals surface area contributed by atoms with E-state index in [1.54, 1.807) is 11.3 Å². The summed E-state index contributed by atoms with van der Waals surface area (Å²) in [6.07, 6.45) is 0. The first-order valence-electron chi connectivity index (χ1n) is 3.82. The quantitative estimate of drug-likeness (QED) is 0.405. The zero-order valence-corrected chi connectivity index (χ0v) is 8.35. The summed E-state index contributed by atoms with van der Waals surface area (Å²) in [6, 6.07) is 3.92. The van der Waals surface area contributed by atoms with Crippen molar-refractivity contribution in [1.29, 1.82) is 0 Å². The smallest absolute Gasteiger partial charge is 0.102 e. The van der Waals surface area contributed by atoms with Crippen molar-refractivity contribution in [2.75, 3.05) is 0 Å². The molecule has 0 amide bonds. The summed E-state index contributed by atoms with van der Waals surface area (Å²) in [5, 5.41) is 14.1. The second-order valence-corrected chi connectivity index (χ2v) is 4.62. The molecule has 0 atom stereocenters. The summed E-state index contributed by atoms with van der Waals surface area (Å²) in [6.45, 7) is 6.09. The van der Waals surface area contributed by atoms with Crippen molar-refractivity contribution in [2.45, 2.75) is 20.8 Å².